The summed E-state index contributed by atoms with van der Waals surface area (Å²) in [5, 5.41) is 9.04. The van der Waals surface area contributed by atoms with Gasteiger partial charge in [0.25, 0.3) is 0 Å². The van der Waals surface area contributed by atoms with E-state index in [4.69, 9.17) is 10.8 Å². The highest BCUT2D eigenvalue weighted by molar-refractivity contribution is 5.37. The van der Waals surface area contributed by atoms with Crippen LogP contribution in [0, 0.1) is 5.92 Å². The van der Waals surface area contributed by atoms with Crippen molar-refractivity contribution >= 4 is 0 Å². The zero-order chi connectivity index (χ0) is 12.5. The third-order valence-electron chi connectivity index (χ3n) is 4.53. The molecule has 0 bridgehead atoms. The average molecular weight is 246 g/mol. The molecule has 3 unspecified atom stereocenters. The minimum Gasteiger partial charge on any atom is -0.396 e. The summed E-state index contributed by atoms with van der Waals surface area (Å²) in [4.78, 5) is 2.56. The van der Waals surface area contributed by atoms with Crippen LogP contribution in [0.2, 0.25) is 0 Å². The molecule has 98 valence electrons. The fourth-order valence-electron chi connectivity index (χ4n) is 3.56. The van der Waals surface area contributed by atoms with E-state index in [0.29, 0.717) is 18.6 Å². The smallest absolute Gasteiger partial charge is 0.0434 e. The molecule has 3 rings (SSSR count). The predicted octanol–water partition coefficient (Wildman–Crippen LogP) is 1.84. The summed E-state index contributed by atoms with van der Waals surface area (Å²) in [7, 11) is 0. The van der Waals surface area contributed by atoms with Gasteiger partial charge in [0.1, 0.15) is 0 Å². The summed E-state index contributed by atoms with van der Waals surface area (Å²) < 4.78 is 0. The molecule has 1 fully saturated rings. The Kier molecular flexibility index (Phi) is 3.37. The van der Waals surface area contributed by atoms with Crippen molar-refractivity contribution in [2.45, 2.75) is 31.3 Å². The van der Waals surface area contributed by atoms with Gasteiger partial charge in [-0.3, -0.25) is 4.90 Å². The number of likely N-dealkylation sites (tertiary alicyclic amines) is 1. The van der Waals surface area contributed by atoms with Crippen LogP contribution in [0.5, 0.6) is 0 Å². The lowest BCUT2D eigenvalue weighted by molar-refractivity contribution is 0.215. The molecule has 3 nitrogen and oxygen atoms in total. The third kappa shape index (κ3) is 2.07. The lowest BCUT2D eigenvalue weighted by Gasteiger charge is -2.25. The highest BCUT2D eigenvalue weighted by Gasteiger charge is 2.35. The number of rotatable bonds is 3. The molecule has 18 heavy (non-hydrogen) atoms. The molecule has 1 aliphatic carbocycles. The van der Waals surface area contributed by atoms with Crippen LogP contribution in [0.4, 0.5) is 0 Å². The van der Waals surface area contributed by atoms with Crippen molar-refractivity contribution in [2.75, 3.05) is 19.7 Å². The zero-order valence-electron chi connectivity index (χ0n) is 10.8. The van der Waals surface area contributed by atoms with Crippen LogP contribution in [0.3, 0.4) is 0 Å². The Labute approximate surface area is 109 Å². The van der Waals surface area contributed by atoms with E-state index in [1.54, 1.807) is 0 Å². The van der Waals surface area contributed by atoms with Crippen molar-refractivity contribution in [3.05, 3.63) is 35.4 Å². The van der Waals surface area contributed by atoms with E-state index >= 15 is 0 Å². The monoisotopic (exact) mass is 246 g/mol. The number of benzene rings is 1. The van der Waals surface area contributed by atoms with Gasteiger partial charge < -0.3 is 10.8 Å². The summed E-state index contributed by atoms with van der Waals surface area (Å²) in [6.45, 7) is 2.59. The molecule has 0 spiro atoms. The molecule has 2 aliphatic rings. The molecule has 0 radical (unpaired) electrons. The van der Waals surface area contributed by atoms with Gasteiger partial charge in [-0.25, -0.2) is 0 Å². The number of aliphatic hydroxyl groups excluding tert-OH is 1. The van der Waals surface area contributed by atoms with Crippen LogP contribution in [0.15, 0.2) is 24.3 Å². The first-order chi connectivity index (χ1) is 8.79. The second kappa shape index (κ2) is 5.00. The van der Waals surface area contributed by atoms with Gasteiger partial charge >= 0.3 is 0 Å². The topological polar surface area (TPSA) is 49.5 Å². The number of hydrogen-bond acceptors (Lipinski definition) is 3. The van der Waals surface area contributed by atoms with Gasteiger partial charge in [0.05, 0.1) is 0 Å². The minimum absolute atomic E-state index is 0.197. The largest absolute Gasteiger partial charge is 0.396 e. The number of nitrogens with two attached hydrogens (primary N) is 1. The van der Waals surface area contributed by atoms with Crippen molar-refractivity contribution in [3.8, 4) is 0 Å². The number of nitrogens with zero attached hydrogens (tertiary/aromatic N) is 1. The second-order valence-corrected chi connectivity index (χ2v) is 5.65. The maximum absolute atomic E-state index is 9.04. The Bertz CT molecular complexity index is 421. The van der Waals surface area contributed by atoms with E-state index in [1.165, 1.54) is 17.5 Å². The predicted molar refractivity (Wildman–Crippen MR) is 72.1 cm³/mol. The summed E-state index contributed by atoms with van der Waals surface area (Å²) in [6, 6.07) is 9.29. The standard InChI is InChI=1S/C15H22N2O/c16-14-9-15(13-4-2-1-3-12(13)14)17-7-5-11(10-17)6-8-18/h1-4,11,14-15,18H,5-10,16H2. The van der Waals surface area contributed by atoms with Crippen molar-refractivity contribution in [3.63, 3.8) is 0 Å². The first kappa shape index (κ1) is 12.2. The number of aliphatic hydroxyl groups is 1. The first-order valence-corrected chi connectivity index (χ1v) is 6.99. The van der Waals surface area contributed by atoms with Gasteiger partial charge in [0.15, 0.2) is 0 Å². The Hall–Kier alpha value is -0.900. The average Bonchev–Trinajstić information content (AvgIpc) is 2.96. The SMILES string of the molecule is NC1CC(N2CCC(CCO)C2)c2ccccc21. The van der Waals surface area contributed by atoms with Gasteiger partial charge in [-0.1, -0.05) is 24.3 Å². The molecule has 1 heterocycles. The van der Waals surface area contributed by atoms with E-state index in [9.17, 15) is 0 Å². The van der Waals surface area contributed by atoms with Gasteiger partial charge in [-0.05, 0) is 42.9 Å². The molecule has 3 N–H and O–H groups in total. The quantitative estimate of drug-likeness (QED) is 0.855. The fraction of sp³-hybridized carbons (Fsp3) is 0.600. The minimum atomic E-state index is 0.197. The highest BCUT2D eigenvalue weighted by atomic mass is 16.3. The van der Waals surface area contributed by atoms with Crippen molar-refractivity contribution in [2.24, 2.45) is 11.7 Å². The van der Waals surface area contributed by atoms with E-state index in [-0.39, 0.29) is 6.04 Å². The normalized spacial score (nSPS) is 31.8. The van der Waals surface area contributed by atoms with Gasteiger partial charge in [-0.15, -0.1) is 0 Å². The summed E-state index contributed by atoms with van der Waals surface area (Å²) in [5.74, 6) is 0.666. The molecule has 1 aromatic rings. The van der Waals surface area contributed by atoms with E-state index < -0.39 is 0 Å². The number of hydrogen-bond donors (Lipinski definition) is 2. The molecular weight excluding hydrogens is 224 g/mol. The zero-order valence-corrected chi connectivity index (χ0v) is 10.8. The Balaban J connectivity index is 1.75. The molecule has 0 amide bonds. The maximum atomic E-state index is 9.04. The van der Waals surface area contributed by atoms with Crippen LogP contribution in [0.1, 0.15) is 42.5 Å². The van der Waals surface area contributed by atoms with Crippen LogP contribution in [-0.2, 0) is 0 Å². The van der Waals surface area contributed by atoms with E-state index in [2.05, 4.69) is 29.2 Å². The Morgan fingerprint density at radius 1 is 1.28 bits per heavy atom. The molecule has 3 atom stereocenters. The van der Waals surface area contributed by atoms with Crippen molar-refractivity contribution in [1.82, 2.24) is 4.90 Å². The maximum Gasteiger partial charge on any atom is 0.0434 e. The van der Waals surface area contributed by atoms with Crippen molar-refractivity contribution in [1.29, 1.82) is 0 Å². The lowest BCUT2D eigenvalue weighted by atomic mass is 10.1. The molecule has 1 aliphatic heterocycles. The lowest BCUT2D eigenvalue weighted by Crippen LogP contribution is -2.25. The molecule has 0 aromatic heterocycles. The van der Waals surface area contributed by atoms with Gasteiger partial charge in [0.2, 0.25) is 0 Å². The van der Waals surface area contributed by atoms with Crippen LogP contribution in [-0.4, -0.2) is 29.7 Å². The molecule has 0 saturated carbocycles. The molecular formula is C15H22N2O. The first-order valence-electron chi connectivity index (χ1n) is 6.99. The second-order valence-electron chi connectivity index (χ2n) is 5.65. The fourth-order valence-corrected chi connectivity index (χ4v) is 3.56. The van der Waals surface area contributed by atoms with Crippen LogP contribution >= 0.6 is 0 Å². The van der Waals surface area contributed by atoms with Crippen LogP contribution in [0.25, 0.3) is 0 Å². The Morgan fingerprint density at radius 3 is 2.83 bits per heavy atom. The van der Waals surface area contributed by atoms with E-state index in [1.807, 2.05) is 0 Å². The van der Waals surface area contributed by atoms with Crippen molar-refractivity contribution < 1.29 is 5.11 Å². The van der Waals surface area contributed by atoms with Gasteiger partial charge in [-0.2, -0.15) is 0 Å². The molecule has 1 aromatic carbocycles. The van der Waals surface area contributed by atoms with Crippen LogP contribution < -0.4 is 5.73 Å². The van der Waals surface area contributed by atoms with Gasteiger partial charge in [0, 0.05) is 25.2 Å². The summed E-state index contributed by atoms with van der Waals surface area (Å²) in [5.41, 5.74) is 8.98. The molecule has 1 saturated heterocycles. The summed E-state index contributed by atoms with van der Waals surface area (Å²) >= 11 is 0. The number of fused-ring (bicyclic) bond motifs is 1. The summed E-state index contributed by atoms with van der Waals surface area (Å²) in [6.07, 6.45) is 3.20. The Morgan fingerprint density at radius 2 is 2.06 bits per heavy atom. The van der Waals surface area contributed by atoms with E-state index in [0.717, 1.165) is 25.9 Å². The highest BCUT2D eigenvalue weighted by Crippen LogP contribution is 2.42. The molecule has 3 heteroatoms. The third-order valence-corrected chi connectivity index (χ3v) is 4.53.